The highest BCUT2D eigenvalue weighted by molar-refractivity contribution is 7.89. The molecule has 38 heavy (non-hydrogen) atoms. The highest BCUT2D eigenvalue weighted by Crippen LogP contribution is 2.22. The van der Waals surface area contributed by atoms with Crippen LogP contribution in [0, 0.1) is 0 Å². The number of methoxy groups -OCH3 is 1. The van der Waals surface area contributed by atoms with Crippen molar-refractivity contribution in [3.05, 3.63) is 78.6 Å². The molecule has 1 aliphatic heterocycles. The van der Waals surface area contributed by atoms with Crippen LogP contribution in [0.2, 0.25) is 0 Å². The summed E-state index contributed by atoms with van der Waals surface area (Å²) in [5.74, 6) is 0.359. The topological polar surface area (TPSA) is 98.0 Å². The molecule has 1 aromatic heterocycles. The number of anilines is 2. The van der Waals surface area contributed by atoms with Crippen LogP contribution < -0.4 is 24.6 Å². The van der Waals surface area contributed by atoms with E-state index in [2.05, 4.69) is 5.32 Å². The summed E-state index contributed by atoms with van der Waals surface area (Å²) in [6, 6.07) is 16.9. The van der Waals surface area contributed by atoms with Gasteiger partial charge in [-0.15, -0.1) is 0 Å². The molecule has 2 heterocycles. The molecule has 3 aromatic rings. The molecule has 1 aliphatic rings. The van der Waals surface area contributed by atoms with Gasteiger partial charge in [0.1, 0.15) is 5.75 Å². The van der Waals surface area contributed by atoms with E-state index in [1.807, 2.05) is 31.1 Å². The second kappa shape index (κ2) is 11.9. The number of hydrogen-bond acceptors (Lipinski definition) is 7. The molecule has 1 fully saturated rings. The van der Waals surface area contributed by atoms with E-state index in [1.165, 1.54) is 16.4 Å². The van der Waals surface area contributed by atoms with Crippen LogP contribution in [0.5, 0.6) is 5.75 Å². The average molecular weight is 555 g/mol. The summed E-state index contributed by atoms with van der Waals surface area (Å²) < 4.78 is 39.4. The molecule has 1 saturated heterocycles. The van der Waals surface area contributed by atoms with E-state index in [0.717, 1.165) is 5.69 Å². The van der Waals surface area contributed by atoms with E-state index >= 15 is 0 Å². The molecule has 0 amide bonds. The lowest BCUT2D eigenvalue weighted by Gasteiger charge is -2.26. The highest BCUT2D eigenvalue weighted by atomic mass is 32.2. The fraction of sp³-hybridized carbons (Fsp3) is 0.259. The van der Waals surface area contributed by atoms with Crippen molar-refractivity contribution in [3.63, 3.8) is 0 Å². The molecule has 9 nitrogen and oxygen atoms in total. The first-order valence-corrected chi connectivity index (χ1v) is 13.8. The van der Waals surface area contributed by atoms with Crippen molar-refractivity contribution in [1.82, 2.24) is 4.31 Å². The monoisotopic (exact) mass is 554 g/mol. The molecule has 0 atom stereocenters. The van der Waals surface area contributed by atoms with Gasteiger partial charge in [-0.3, -0.25) is 0 Å². The largest absolute Gasteiger partial charge is 0.867 e. The number of benzene rings is 2. The number of rotatable bonds is 8. The summed E-state index contributed by atoms with van der Waals surface area (Å²) in [6.45, 7) is 1.40. The Kier molecular flexibility index (Phi) is 8.62. The van der Waals surface area contributed by atoms with Gasteiger partial charge < -0.3 is 24.8 Å². The quantitative estimate of drug-likeness (QED) is 0.196. The second-order valence-corrected chi connectivity index (χ2v) is 11.1. The van der Waals surface area contributed by atoms with E-state index in [9.17, 15) is 13.5 Å². The fourth-order valence-electron chi connectivity index (χ4n) is 3.92. The molecule has 11 heteroatoms. The Bertz CT molecular complexity index is 1400. The number of hydrogen-bond donors (Lipinski definition) is 1. The van der Waals surface area contributed by atoms with E-state index in [4.69, 9.17) is 21.7 Å². The van der Waals surface area contributed by atoms with Gasteiger partial charge in [-0.25, -0.2) is 8.42 Å². The molecule has 0 bridgehead atoms. The minimum absolute atomic E-state index is 0.183. The van der Waals surface area contributed by atoms with Gasteiger partial charge >= 0.3 is 0 Å². The average Bonchev–Trinajstić information content (AvgIpc) is 2.94. The summed E-state index contributed by atoms with van der Waals surface area (Å²) in [7, 11) is 1.81. The zero-order valence-electron chi connectivity index (χ0n) is 21.5. The van der Waals surface area contributed by atoms with Crippen LogP contribution in [0.4, 0.5) is 11.4 Å². The van der Waals surface area contributed by atoms with Gasteiger partial charge in [-0.1, -0.05) is 24.4 Å². The van der Waals surface area contributed by atoms with Crippen LogP contribution in [0.25, 0.3) is 11.5 Å². The highest BCUT2D eigenvalue weighted by Gasteiger charge is 2.26. The molecular weight excluding hydrogens is 524 g/mol. The number of aromatic nitrogens is 1. The molecule has 4 rings (SSSR count). The van der Waals surface area contributed by atoms with Gasteiger partial charge in [0, 0.05) is 50.7 Å². The lowest BCUT2D eigenvalue weighted by Crippen LogP contribution is -2.40. The van der Waals surface area contributed by atoms with Gasteiger partial charge in [0.15, 0.2) is 17.4 Å². The molecule has 0 aliphatic carbocycles. The molecule has 0 unspecified atom stereocenters. The zero-order chi connectivity index (χ0) is 27.3. The SMILES string of the molecule is COc1ccc(C([O-])=C(C(=S)Nc2ccc(S(=O)(=O)N3CCOCC3)cc2)[n+]2ccc(N(C)C)cc2)cc1. The predicted octanol–water partition coefficient (Wildman–Crippen LogP) is 2.20. The van der Waals surface area contributed by atoms with Gasteiger partial charge in [0.25, 0.3) is 0 Å². The van der Waals surface area contributed by atoms with Crippen molar-refractivity contribution in [1.29, 1.82) is 0 Å². The number of nitrogens with one attached hydrogen (secondary N) is 1. The molecule has 0 spiro atoms. The Morgan fingerprint density at radius 1 is 1.03 bits per heavy atom. The minimum Gasteiger partial charge on any atom is -0.867 e. The third-order valence-corrected chi connectivity index (χ3v) is 8.30. The van der Waals surface area contributed by atoms with Gasteiger partial charge in [-0.05, 0) is 47.7 Å². The molecule has 0 radical (unpaired) electrons. The smallest absolute Gasteiger partial charge is 0.243 e. The predicted molar refractivity (Wildman–Crippen MR) is 149 cm³/mol. The number of sulfonamides is 1. The first-order chi connectivity index (χ1) is 18.2. The molecule has 2 aromatic carbocycles. The third kappa shape index (κ3) is 6.13. The lowest BCUT2D eigenvalue weighted by molar-refractivity contribution is -0.577. The molecule has 0 saturated carbocycles. The standard InChI is InChI=1S/C27H30N4O5S2/c1-29(2)22-12-14-30(15-13-22)25(26(32)20-4-8-23(35-3)9-5-20)27(37)28-21-6-10-24(11-7-21)38(33,34)31-16-18-36-19-17-31/h4-15H,16-19H2,1-3H3,(H-,28,32,37). The number of pyridine rings is 1. The number of morpholine rings is 1. The van der Waals surface area contributed by atoms with Crippen LogP contribution in [0.15, 0.2) is 78.0 Å². The van der Waals surface area contributed by atoms with Crippen LogP contribution >= 0.6 is 12.2 Å². The first kappa shape index (κ1) is 27.5. The Hall–Kier alpha value is -3.51. The number of ether oxygens (including phenoxy) is 2. The maximum Gasteiger partial charge on any atom is 0.243 e. The number of nitrogens with zero attached hydrogens (tertiary/aromatic N) is 3. The second-order valence-electron chi connectivity index (χ2n) is 8.76. The summed E-state index contributed by atoms with van der Waals surface area (Å²) in [5, 5.41) is 16.7. The first-order valence-electron chi connectivity index (χ1n) is 11.9. The van der Waals surface area contributed by atoms with E-state index in [0.29, 0.717) is 43.3 Å². The Labute approximate surface area is 228 Å². The number of thiocarbonyl (C=S) groups is 1. The molecular formula is C27H30N4O5S2. The van der Waals surface area contributed by atoms with Crippen molar-refractivity contribution >= 4 is 50.1 Å². The van der Waals surface area contributed by atoms with Crippen LogP contribution in [0.1, 0.15) is 5.56 Å². The van der Waals surface area contributed by atoms with Gasteiger partial charge in [-0.2, -0.15) is 8.87 Å². The summed E-state index contributed by atoms with van der Waals surface area (Å²) in [5.41, 5.74) is 2.22. The van der Waals surface area contributed by atoms with Crippen LogP contribution in [-0.4, -0.2) is 65.2 Å². The minimum atomic E-state index is -3.62. The third-order valence-electron chi connectivity index (χ3n) is 6.09. The van der Waals surface area contributed by atoms with Gasteiger partial charge in [0.05, 0.1) is 25.2 Å². The maximum absolute atomic E-state index is 13.6. The van der Waals surface area contributed by atoms with E-state index in [-0.39, 0.29) is 21.3 Å². The fourth-order valence-corrected chi connectivity index (χ4v) is 5.64. The Morgan fingerprint density at radius 3 is 2.18 bits per heavy atom. The molecule has 1 N–H and O–H groups in total. The van der Waals surface area contributed by atoms with Crippen molar-refractivity contribution < 1.29 is 27.6 Å². The van der Waals surface area contributed by atoms with Crippen LogP contribution in [0.3, 0.4) is 0 Å². The van der Waals surface area contributed by atoms with Crippen LogP contribution in [-0.2, 0) is 14.8 Å². The van der Waals surface area contributed by atoms with Crippen molar-refractivity contribution in [2.24, 2.45) is 0 Å². The Morgan fingerprint density at radius 2 is 1.63 bits per heavy atom. The lowest BCUT2D eigenvalue weighted by atomic mass is 10.1. The Balaban J connectivity index is 1.64. The van der Waals surface area contributed by atoms with Crippen molar-refractivity contribution in [2.45, 2.75) is 4.90 Å². The van der Waals surface area contributed by atoms with Crippen molar-refractivity contribution in [2.75, 3.05) is 57.7 Å². The summed E-state index contributed by atoms with van der Waals surface area (Å²) in [6.07, 6.45) is 3.55. The zero-order valence-corrected chi connectivity index (χ0v) is 23.1. The van der Waals surface area contributed by atoms with E-state index < -0.39 is 10.0 Å². The van der Waals surface area contributed by atoms with Gasteiger partial charge in [0.2, 0.25) is 15.7 Å². The van der Waals surface area contributed by atoms with E-state index in [1.54, 1.807) is 60.5 Å². The molecule has 200 valence electrons. The summed E-state index contributed by atoms with van der Waals surface area (Å²) in [4.78, 5) is 2.33. The maximum atomic E-state index is 13.6. The summed E-state index contributed by atoms with van der Waals surface area (Å²) >= 11 is 5.69. The normalized spacial score (nSPS) is 14.9. The van der Waals surface area contributed by atoms with Crippen molar-refractivity contribution in [3.8, 4) is 5.75 Å².